The van der Waals surface area contributed by atoms with Crippen LogP contribution in [0.15, 0.2) is 34.6 Å². The monoisotopic (exact) mass is 234 g/mol. The maximum absolute atomic E-state index is 9.05. The molecule has 1 rings (SSSR count). The molecule has 0 bridgehead atoms. The second-order valence-electron chi connectivity index (χ2n) is 3.96. The van der Waals surface area contributed by atoms with E-state index in [1.807, 2.05) is 31.2 Å². The Hall–Kier alpha value is -1.84. The Balaban J connectivity index is 2.95. The van der Waals surface area contributed by atoms with E-state index in [0.29, 0.717) is 17.8 Å². The van der Waals surface area contributed by atoms with Crippen LogP contribution in [0.5, 0.6) is 0 Å². The van der Waals surface area contributed by atoms with Gasteiger partial charge in [-0.3, -0.25) is 0 Å². The molecule has 1 aromatic carbocycles. The summed E-state index contributed by atoms with van der Waals surface area (Å²) in [6, 6.07) is 7.55. The number of rotatable bonds is 5. The van der Waals surface area contributed by atoms with E-state index in [2.05, 4.69) is 17.2 Å². The first-order valence-electron chi connectivity index (χ1n) is 5.73. The van der Waals surface area contributed by atoms with Crippen molar-refractivity contribution in [1.82, 2.24) is 0 Å². The highest BCUT2D eigenvalue weighted by molar-refractivity contribution is 6.48. The molecule has 0 atom stereocenters. The van der Waals surface area contributed by atoms with Crippen LogP contribution in [0.25, 0.3) is 0 Å². The summed E-state index contributed by atoms with van der Waals surface area (Å²) in [6.45, 7) is 4.04. The van der Waals surface area contributed by atoms with Gasteiger partial charge in [0.25, 0.3) is 0 Å². The van der Waals surface area contributed by atoms with Crippen molar-refractivity contribution in [3.8, 4) is 0 Å². The van der Waals surface area contributed by atoms with Crippen LogP contribution in [0.2, 0.25) is 0 Å². The van der Waals surface area contributed by atoms with Crippen LogP contribution in [-0.2, 0) is 0 Å². The Morgan fingerprint density at radius 1 is 1.12 bits per heavy atom. The fraction of sp³-hybridized carbons (Fsp3) is 0.385. The lowest BCUT2D eigenvalue weighted by atomic mass is 10.0. The van der Waals surface area contributed by atoms with Gasteiger partial charge in [-0.1, -0.05) is 53.5 Å². The Labute approximate surface area is 101 Å². The molecule has 0 saturated heterocycles. The zero-order valence-electron chi connectivity index (χ0n) is 10.2. The minimum absolute atomic E-state index is 0.334. The van der Waals surface area contributed by atoms with E-state index in [1.54, 1.807) is 0 Å². The summed E-state index contributed by atoms with van der Waals surface area (Å²) in [7, 11) is 0. The number of unbranched alkanes of at least 4 members (excludes halogenated alkanes) is 1. The molecule has 0 aliphatic rings. The molecule has 0 spiro atoms. The van der Waals surface area contributed by atoms with Crippen LogP contribution < -0.4 is 0 Å². The van der Waals surface area contributed by atoms with Gasteiger partial charge in [0.05, 0.1) is 0 Å². The van der Waals surface area contributed by atoms with Crippen LogP contribution in [-0.4, -0.2) is 21.8 Å². The van der Waals surface area contributed by atoms with Crippen molar-refractivity contribution in [3.63, 3.8) is 0 Å². The average molecular weight is 234 g/mol. The maximum Gasteiger partial charge on any atom is 0.134 e. The number of nitrogens with zero attached hydrogens (tertiary/aromatic N) is 2. The van der Waals surface area contributed by atoms with Crippen molar-refractivity contribution in [2.75, 3.05) is 0 Å². The molecule has 0 aliphatic carbocycles. The summed E-state index contributed by atoms with van der Waals surface area (Å²) in [6.07, 6.45) is 2.48. The smallest absolute Gasteiger partial charge is 0.134 e. The van der Waals surface area contributed by atoms with E-state index in [-0.39, 0.29) is 0 Å². The summed E-state index contributed by atoms with van der Waals surface area (Å²) < 4.78 is 0. The van der Waals surface area contributed by atoms with Gasteiger partial charge in [-0.2, -0.15) is 0 Å². The Kier molecular flexibility index (Phi) is 5.20. The standard InChI is InChI=1S/C13H18N2O2/c1-3-4-5-12(14-16)13(15-17)11-8-6-10(2)7-9-11/h6-9,16-17H,3-5H2,1-2H3/b14-12+,15-13-. The lowest BCUT2D eigenvalue weighted by Gasteiger charge is -2.06. The quantitative estimate of drug-likeness (QED) is 0.467. The number of hydrogen-bond acceptors (Lipinski definition) is 4. The van der Waals surface area contributed by atoms with Gasteiger partial charge in [0.15, 0.2) is 0 Å². The zero-order valence-corrected chi connectivity index (χ0v) is 10.2. The molecule has 4 nitrogen and oxygen atoms in total. The lowest BCUT2D eigenvalue weighted by molar-refractivity contribution is 0.313. The second-order valence-corrected chi connectivity index (χ2v) is 3.96. The molecule has 0 radical (unpaired) electrons. The molecule has 1 aromatic rings. The molecule has 0 heterocycles. The molecule has 0 amide bonds. The third kappa shape index (κ3) is 3.59. The van der Waals surface area contributed by atoms with E-state index in [9.17, 15) is 0 Å². The second kappa shape index (κ2) is 6.68. The normalized spacial score (nSPS) is 12.8. The van der Waals surface area contributed by atoms with Crippen molar-refractivity contribution in [2.45, 2.75) is 33.1 Å². The van der Waals surface area contributed by atoms with Gasteiger partial charge in [0.1, 0.15) is 11.4 Å². The van der Waals surface area contributed by atoms with E-state index in [1.165, 1.54) is 0 Å². The fourth-order valence-electron chi connectivity index (χ4n) is 1.55. The minimum atomic E-state index is 0.334. The van der Waals surface area contributed by atoms with Crippen molar-refractivity contribution in [3.05, 3.63) is 35.4 Å². The van der Waals surface area contributed by atoms with Crippen molar-refractivity contribution >= 4 is 11.4 Å². The van der Waals surface area contributed by atoms with Gasteiger partial charge in [0.2, 0.25) is 0 Å². The number of hydrogen-bond donors (Lipinski definition) is 2. The summed E-state index contributed by atoms with van der Waals surface area (Å²) in [5.41, 5.74) is 2.63. The number of aryl methyl sites for hydroxylation is 1. The summed E-state index contributed by atoms with van der Waals surface area (Å²) in [5.74, 6) is 0. The highest BCUT2D eigenvalue weighted by Gasteiger charge is 2.12. The van der Waals surface area contributed by atoms with E-state index in [4.69, 9.17) is 10.4 Å². The first-order valence-corrected chi connectivity index (χ1v) is 5.73. The van der Waals surface area contributed by atoms with Crippen molar-refractivity contribution in [1.29, 1.82) is 0 Å². The molecule has 2 N–H and O–H groups in total. The summed E-state index contributed by atoms with van der Waals surface area (Å²) in [5, 5.41) is 24.5. The molecular formula is C13H18N2O2. The van der Waals surface area contributed by atoms with Gasteiger partial charge in [0, 0.05) is 5.56 Å². The zero-order chi connectivity index (χ0) is 12.7. The van der Waals surface area contributed by atoms with Crippen LogP contribution >= 0.6 is 0 Å². The van der Waals surface area contributed by atoms with Gasteiger partial charge in [-0.15, -0.1) is 0 Å². The van der Waals surface area contributed by atoms with E-state index >= 15 is 0 Å². The SMILES string of the molecule is CCCCC(=N\O)/C(=N\O)c1ccc(C)cc1. The molecular weight excluding hydrogens is 216 g/mol. The third-order valence-electron chi connectivity index (χ3n) is 2.59. The van der Waals surface area contributed by atoms with Gasteiger partial charge in [-0.25, -0.2) is 0 Å². The van der Waals surface area contributed by atoms with Crippen LogP contribution in [0.1, 0.15) is 37.3 Å². The molecule has 0 unspecified atom stereocenters. The molecule has 17 heavy (non-hydrogen) atoms. The van der Waals surface area contributed by atoms with Crippen LogP contribution in [0.3, 0.4) is 0 Å². The van der Waals surface area contributed by atoms with Crippen LogP contribution in [0, 0.1) is 6.92 Å². The maximum atomic E-state index is 9.05. The van der Waals surface area contributed by atoms with Crippen LogP contribution in [0.4, 0.5) is 0 Å². The number of benzene rings is 1. The fourth-order valence-corrected chi connectivity index (χ4v) is 1.55. The molecule has 0 aromatic heterocycles. The molecule has 0 aliphatic heterocycles. The molecule has 0 fully saturated rings. The Morgan fingerprint density at radius 3 is 2.24 bits per heavy atom. The topological polar surface area (TPSA) is 65.2 Å². The Morgan fingerprint density at radius 2 is 1.76 bits per heavy atom. The van der Waals surface area contributed by atoms with Gasteiger partial charge in [-0.05, 0) is 19.8 Å². The highest BCUT2D eigenvalue weighted by atomic mass is 16.4. The third-order valence-corrected chi connectivity index (χ3v) is 2.59. The Bertz CT molecular complexity index is 408. The lowest BCUT2D eigenvalue weighted by Crippen LogP contribution is -2.16. The summed E-state index contributed by atoms with van der Waals surface area (Å²) in [4.78, 5) is 0. The van der Waals surface area contributed by atoms with Crippen molar-refractivity contribution in [2.24, 2.45) is 10.3 Å². The van der Waals surface area contributed by atoms with Crippen molar-refractivity contribution < 1.29 is 10.4 Å². The molecule has 0 saturated carbocycles. The van der Waals surface area contributed by atoms with E-state index < -0.39 is 0 Å². The highest BCUT2D eigenvalue weighted by Crippen LogP contribution is 2.09. The number of oxime groups is 2. The first kappa shape index (κ1) is 13.2. The average Bonchev–Trinajstić information content (AvgIpc) is 2.36. The minimum Gasteiger partial charge on any atom is -0.411 e. The largest absolute Gasteiger partial charge is 0.411 e. The first-order chi connectivity index (χ1) is 8.22. The van der Waals surface area contributed by atoms with E-state index in [0.717, 1.165) is 24.0 Å². The predicted molar refractivity (Wildman–Crippen MR) is 68.2 cm³/mol. The summed E-state index contributed by atoms with van der Waals surface area (Å²) >= 11 is 0. The van der Waals surface area contributed by atoms with Gasteiger partial charge < -0.3 is 10.4 Å². The predicted octanol–water partition coefficient (Wildman–Crippen LogP) is 3.19. The van der Waals surface area contributed by atoms with Gasteiger partial charge >= 0.3 is 0 Å². The molecule has 4 heteroatoms. The molecule has 92 valence electrons.